The lowest BCUT2D eigenvalue weighted by atomic mass is 9.90. The van der Waals surface area contributed by atoms with E-state index in [1.165, 1.54) is 14.2 Å². The SMILES string of the molecule is COc1cccc(-n2c(O)c(C3NCCc4cc(OC)c(OC)cc43)c(=O)[nH]c2=O)c1. The third kappa shape index (κ3) is 3.53. The normalized spacial score (nSPS) is 15.3. The molecule has 9 nitrogen and oxygen atoms in total. The maximum atomic E-state index is 12.8. The number of aromatic hydroxyl groups is 1. The molecule has 0 fully saturated rings. The van der Waals surface area contributed by atoms with Crippen LogP contribution in [-0.2, 0) is 6.42 Å². The molecule has 3 N–H and O–H groups in total. The molecule has 1 unspecified atom stereocenters. The van der Waals surface area contributed by atoms with E-state index in [4.69, 9.17) is 14.2 Å². The van der Waals surface area contributed by atoms with Gasteiger partial charge >= 0.3 is 5.69 Å². The summed E-state index contributed by atoms with van der Waals surface area (Å²) in [7, 11) is 4.59. The van der Waals surface area contributed by atoms with Crippen molar-refractivity contribution in [3.63, 3.8) is 0 Å². The van der Waals surface area contributed by atoms with Gasteiger partial charge in [0.15, 0.2) is 11.5 Å². The summed E-state index contributed by atoms with van der Waals surface area (Å²) in [4.78, 5) is 27.7. The van der Waals surface area contributed by atoms with Crippen molar-refractivity contribution in [2.45, 2.75) is 12.5 Å². The molecule has 0 bridgehead atoms. The summed E-state index contributed by atoms with van der Waals surface area (Å²) in [5, 5.41) is 14.3. The monoisotopic (exact) mass is 425 g/mol. The van der Waals surface area contributed by atoms with Crippen LogP contribution in [0.1, 0.15) is 22.7 Å². The fourth-order valence-electron chi connectivity index (χ4n) is 3.93. The van der Waals surface area contributed by atoms with Crippen molar-refractivity contribution in [1.29, 1.82) is 0 Å². The molecule has 2 heterocycles. The van der Waals surface area contributed by atoms with E-state index in [9.17, 15) is 14.7 Å². The zero-order valence-electron chi connectivity index (χ0n) is 17.4. The highest BCUT2D eigenvalue weighted by molar-refractivity contribution is 5.53. The molecule has 0 aliphatic carbocycles. The molecule has 162 valence electrons. The smallest absolute Gasteiger partial charge is 0.335 e. The summed E-state index contributed by atoms with van der Waals surface area (Å²) in [6.07, 6.45) is 0.709. The first-order valence-corrected chi connectivity index (χ1v) is 9.69. The molecule has 1 aliphatic rings. The van der Waals surface area contributed by atoms with Gasteiger partial charge in [0.25, 0.3) is 5.56 Å². The van der Waals surface area contributed by atoms with Crippen molar-refractivity contribution in [1.82, 2.24) is 14.9 Å². The number of rotatable bonds is 5. The molecule has 1 atom stereocenters. The minimum atomic E-state index is -0.747. The summed E-state index contributed by atoms with van der Waals surface area (Å²) in [6, 6.07) is 9.65. The van der Waals surface area contributed by atoms with Crippen LogP contribution < -0.4 is 30.8 Å². The van der Waals surface area contributed by atoms with E-state index in [2.05, 4.69) is 10.3 Å². The molecule has 0 amide bonds. The van der Waals surface area contributed by atoms with Crippen molar-refractivity contribution in [3.05, 3.63) is 73.9 Å². The summed E-state index contributed by atoms with van der Waals surface area (Å²) in [5.74, 6) is 1.16. The second kappa shape index (κ2) is 8.19. The predicted molar refractivity (Wildman–Crippen MR) is 114 cm³/mol. The maximum absolute atomic E-state index is 12.8. The first kappa shape index (κ1) is 20.5. The molecule has 9 heteroatoms. The lowest BCUT2D eigenvalue weighted by Crippen LogP contribution is -2.38. The van der Waals surface area contributed by atoms with Crippen LogP contribution in [0.3, 0.4) is 0 Å². The Hall–Kier alpha value is -3.72. The van der Waals surface area contributed by atoms with Gasteiger partial charge in [-0.15, -0.1) is 0 Å². The lowest BCUT2D eigenvalue weighted by molar-refractivity contribution is 0.352. The number of H-pyrrole nitrogens is 1. The van der Waals surface area contributed by atoms with Gasteiger partial charge in [0.2, 0.25) is 5.88 Å². The first-order valence-electron chi connectivity index (χ1n) is 9.69. The van der Waals surface area contributed by atoms with Crippen molar-refractivity contribution in [2.24, 2.45) is 0 Å². The highest BCUT2D eigenvalue weighted by atomic mass is 16.5. The van der Waals surface area contributed by atoms with Crippen LogP contribution >= 0.6 is 0 Å². The Morgan fingerprint density at radius 3 is 2.48 bits per heavy atom. The van der Waals surface area contributed by atoms with E-state index < -0.39 is 23.2 Å². The van der Waals surface area contributed by atoms with Crippen LogP contribution in [0, 0.1) is 0 Å². The van der Waals surface area contributed by atoms with Gasteiger partial charge in [-0.25, -0.2) is 9.36 Å². The largest absolute Gasteiger partial charge is 0.497 e. The zero-order valence-corrected chi connectivity index (χ0v) is 17.4. The maximum Gasteiger partial charge on any atom is 0.335 e. The summed E-state index contributed by atoms with van der Waals surface area (Å²) < 4.78 is 17.1. The van der Waals surface area contributed by atoms with E-state index >= 15 is 0 Å². The average molecular weight is 425 g/mol. The Labute approximate surface area is 177 Å². The van der Waals surface area contributed by atoms with Crippen molar-refractivity contribution < 1.29 is 19.3 Å². The van der Waals surface area contributed by atoms with Crippen LogP contribution in [0.4, 0.5) is 0 Å². The molecule has 3 aromatic rings. The van der Waals surface area contributed by atoms with Gasteiger partial charge < -0.3 is 24.6 Å². The number of aromatic nitrogens is 2. The Balaban J connectivity index is 1.93. The number of aromatic amines is 1. The second-order valence-corrected chi connectivity index (χ2v) is 7.08. The van der Waals surface area contributed by atoms with Crippen LogP contribution in [0.2, 0.25) is 0 Å². The van der Waals surface area contributed by atoms with Crippen LogP contribution in [0.15, 0.2) is 46.0 Å². The highest BCUT2D eigenvalue weighted by Gasteiger charge is 2.30. The molecule has 2 aromatic carbocycles. The lowest BCUT2D eigenvalue weighted by Gasteiger charge is -2.28. The summed E-state index contributed by atoms with van der Waals surface area (Å²) in [6.45, 7) is 0.574. The van der Waals surface area contributed by atoms with E-state index in [0.29, 0.717) is 35.9 Å². The minimum Gasteiger partial charge on any atom is -0.497 e. The van der Waals surface area contributed by atoms with Crippen LogP contribution in [0.25, 0.3) is 5.69 Å². The number of hydrogen-bond donors (Lipinski definition) is 3. The Morgan fingerprint density at radius 1 is 1.03 bits per heavy atom. The summed E-state index contributed by atoms with van der Waals surface area (Å²) >= 11 is 0. The number of benzene rings is 2. The average Bonchev–Trinajstić information content (AvgIpc) is 2.78. The van der Waals surface area contributed by atoms with Crippen LogP contribution in [0.5, 0.6) is 23.1 Å². The fraction of sp³-hybridized carbons (Fsp3) is 0.273. The van der Waals surface area contributed by atoms with E-state index in [-0.39, 0.29) is 5.56 Å². The zero-order chi connectivity index (χ0) is 22.1. The standard InChI is InChI=1S/C22H23N3O6/c1-29-14-6-4-5-13(10-14)25-21(27)18(20(26)24-22(25)28)19-15-11-17(31-3)16(30-2)9-12(15)7-8-23-19/h4-6,9-11,19,23,27H,7-8H2,1-3H3,(H,24,26,28). The van der Waals surface area contributed by atoms with Crippen molar-refractivity contribution >= 4 is 0 Å². The highest BCUT2D eigenvalue weighted by Crippen LogP contribution is 2.38. The van der Waals surface area contributed by atoms with Gasteiger partial charge in [0.1, 0.15) is 5.75 Å². The molecular weight excluding hydrogens is 402 g/mol. The molecule has 31 heavy (non-hydrogen) atoms. The number of ether oxygens (including phenoxy) is 3. The Morgan fingerprint density at radius 2 is 1.77 bits per heavy atom. The van der Waals surface area contributed by atoms with E-state index in [1.807, 2.05) is 6.07 Å². The molecule has 1 aromatic heterocycles. The molecule has 4 rings (SSSR count). The van der Waals surface area contributed by atoms with Gasteiger partial charge in [-0.3, -0.25) is 9.78 Å². The number of nitrogens with one attached hydrogen (secondary N) is 2. The molecule has 0 radical (unpaired) electrons. The quantitative estimate of drug-likeness (QED) is 0.567. The van der Waals surface area contributed by atoms with Gasteiger partial charge in [0.05, 0.1) is 38.6 Å². The van der Waals surface area contributed by atoms with Gasteiger partial charge in [0, 0.05) is 12.6 Å². The Bertz CT molecular complexity index is 1250. The predicted octanol–water partition coefficient (Wildman–Crippen LogP) is 1.49. The fourth-order valence-corrected chi connectivity index (χ4v) is 3.93. The third-order valence-corrected chi connectivity index (χ3v) is 5.42. The second-order valence-electron chi connectivity index (χ2n) is 7.08. The number of fused-ring (bicyclic) bond motifs is 1. The number of nitrogens with zero attached hydrogens (tertiary/aromatic N) is 1. The van der Waals surface area contributed by atoms with E-state index in [1.54, 1.807) is 37.4 Å². The Kier molecular flexibility index (Phi) is 5.43. The topological polar surface area (TPSA) is 115 Å². The molecule has 0 spiro atoms. The molecule has 0 saturated heterocycles. The molecule has 1 aliphatic heterocycles. The third-order valence-electron chi connectivity index (χ3n) is 5.42. The van der Waals surface area contributed by atoms with E-state index in [0.717, 1.165) is 15.7 Å². The van der Waals surface area contributed by atoms with Gasteiger partial charge in [-0.1, -0.05) is 6.07 Å². The molecular formula is C22H23N3O6. The van der Waals surface area contributed by atoms with Crippen LogP contribution in [-0.4, -0.2) is 42.5 Å². The first-order chi connectivity index (χ1) is 15.0. The van der Waals surface area contributed by atoms with Gasteiger partial charge in [-0.2, -0.15) is 0 Å². The summed E-state index contributed by atoms with van der Waals surface area (Å²) in [5.41, 5.74) is 0.711. The minimum absolute atomic E-state index is 0.0376. The molecule has 0 saturated carbocycles. The van der Waals surface area contributed by atoms with Gasteiger partial charge in [-0.05, 0) is 41.8 Å². The number of methoxy groups -OCH3 is 3. The number of hydrogen-bond acceptors (Lipinski definition) is 7. The van der Waals surface area contributed by atoms with Crippen molar-refractivity contribution in [3.8, 4) is 28.8 Å². The van der Waals surface area contributed by atoms with Crippen molar-refractivity contribution in [2.75, 3.05) is 27.9 Å².